The van der Waals surface area contributed by atoms with Crippen molar-refractivity contribution in [3.63, 3.8) is 0 Å². The molecule has 0 aromatic heterocycles. The van der Waals surface area contributed by atoms with Gasteiger partial charge >= 0.3 is 0 Å². The van der Waals surface area contributed by atoms with Gasteiger partial charge in [0.15, 0.2) is 5.78 Å². The van der Waals surface area contributed by atoms with E-state index in [0.717, 1.165) is 12.8 Å². The largest absolute Gasteiger partial charge is 0.507 e. The average Bonchev–Trinajstić information content (AvgIpc) is 2.33. The van der Waals surface area contributed by atoms with E-state index in [2.05, 4.69) is 6.92 Å². The second-order valence-corrected chi connectivity index (χ2v) is 5.04. The van der Waals surface area contributed by atoms with Crippen LogP contribution in [-0.2, 0) is 0 Å². The van der Waals surface area contributed by atoms with Gasteiger partial charge in [0, 0.05) is 11.4 Å². The van der Waals surface area contributed by atoms with Gasteiger partial charge in [0.1, 0.15) is 5.75 Å². The second-order valence-electron chi connectivity index (χ2n) is 4.60. The number of rotatable bonds is 8. The highest BCUT2D eigenvalue weighted by Gasteiger charge is 2.10. The maximum Gasteiger partial charge on any atom is 0.166 e. The number of Topliss-reactive ketones (excluding diaryl/α,β-unsaturated/α-hetero) is 1. The van der Waals surface area contributed by atoms with E-state index < -0.39 is 0 Å². The van der Waals surface area contributed by atoms with Gasteiger partial charge in [-0.15, -0.1) is 0 Å². The Kier molecular flexibility index (Phi) is 6.81. The van der Waals surface area contributed by atoms with Gasteiger partial charge in [0.2, 0.25) is 0 Å². The summed E-state index contributed by atoms with van der Waals surface area (Å²) in [5.74, 6) is -0.0156. The minimum atomic E-state index is -0.0153. The molecule has 1 aromatic carbocycles. The summed E-state index contributed by atoms with van der Waals surface area (Å²) in [5.41, 5.74) is 0.382. The summed E-state index contributed by atoms with van der Waals surface area (Å²) in [6, 6.07) is 4.64. The van der Waals surface area contributed by atoms with E-state index in [0.29, 0.717) is 17.0 Å². The fourth-order valence-corrected chi connectivity index (χ4v) is 2.11. The van der Waals surface area contributed by atoms with Crippen LogP contribution < -0.4 is 0 Å². The SMILES string of the molecule is CCCCCCCCC(=O)c1ccc(Cl)cc1O. The van der Waals surface area contributed by atoms with Crippen LogP contribution in [0.4, 0.5) is 0 Å². The lowest BCUT2D eigenvalue weighted by atomic mass is 10.0. The Morgan fingerprint density at radius 3 is 2.50 bits per heavy atom. The van der Waals surface area contributed by atoms with Crippen LogP contribution in [0.25, 0.3) is 0 Å². The molecule has 0 fully saturated rings. The molecule has 0 atom stereocenters. The third-order valence-electron chi connectivity index (χ3n) is 3.02. The van der Waals surface area contributed by atoms with Crippen LogP contribution >= 0.6 is 11.6 Å². The molecule has 0 amide bonds. The van der Waals surface area contributed by atoms with Crippen molar-refractivity contribution in [2.75, 3.05) is 0 Å². The molecule has 0 aliphatic heterocycles. The summed E-state index contributed by atoms with van der Waals surface area (Å²) >= 11 is 5.73. The Morgan fingerprint density at radius 2 is 1.83 bits per heavy atom. The zero-order valence-corrected chi connectivity index (χ0v) is 11.7. The van der Waals surface area contributed by atoms with Crippen LogP contribution in [0.15, 0.2) is 18.2 Å². The fourth-order valence-electron chi connectivity index (χ4n) is 1.94. The zero-order valence-electron chi connectivity index (χ0n) is 10.9. The van der Waals surface area contributed by atoms with Crippen LogP contribution in [0.1, 0.15) is 62.2 Å². The van der Waals surface area contributed by atoms with E-state index in [9.17, 15) is 9.90 Å². The van der Waals surface area contributed by atoms with Gasteiger partial charge in [-0.1, -0.05) is 50.6 Å². The first-order chi connectivity index (χ1) is 8.65. The van der Waals surface area contributed by atoms with E-state index in [1.54, 1.807) is 12.1 Å². The topological polar surface area (TPSA) is 37.3 Å². The highest BCUT2D eigenvalue weighted by molar-refractivity contribution is 6.30. The molecule has 18 heavy (non-hydrogen) atoms. The molecular weight excluding hydrogens is 248 g/mol. The maximum absolute atomic E-state index is 11.9. The van der Waals surface area contributed by atoms with Crippen molar-refractivity contribution in [1.82, 2.24) is 0 Å². The predicted octanol–water partition coefficient (Wildman–Crippen LogP) is 4.98. The van der Waals surface area contributed by atoms with Gasteiger partial charge in [-0.2, -0.15) is 0 Å². The normalized spacial score (nSPS) is 10.6. The number of unbranched alkanes of at least 4 members (excludes halogenated alkanes) is 5. The Labute approximate surface area is 114 Å². The van der Waals surface area contributed by atoms with E-state index >= 15 is 0 Å². The molecule has 0 radical (unpaired) electrons. The van der Waals surface area contributed by atoms with E-state index in [1.165, 1.54) is 31.7 Å². The van der Waals surface area contributed by atoms with Crippen LogP contribution in [-0.4, -0.2) is 10.9 Å². The van der Waals surface area contributed by atoms with Gasteiger partial charge in [0.05, 0.1) is 5.56 Å². The van der Waals surface area contributed by atoms with Crippen molar-refractivity contribution in [3.8, 4) is 5.75 Å². The Bertz CT molecular complexity index is 388. The molecule has 3 heteroatoms. The third kappa shape index (κ3) is 5.09. The molecule has 1 rings (SSSR count). The minimum Gasteiger partial charge on any atom is -0.507 e. The van der Waals surface area contributed by atoms with Crippen LogP contribution in [0.3, 0.4) is 0 Å². The molecule has 0 bridgehead atoms. The Balaban J connectivity index is 2.32. The van der Waals surface area contributed by atoms with E-state index in [4.69, 9.17) is 11.6 Å². The highest BCUT2D eigenvalue weighted by Crippen LogP contribution is 2.23. The van der Waals surface area contributed by atoms with Gasteiger partial charge in [-0.05, 0) is 24.6 Å². The summed E-state index contributed by atoms with van der Waals surface area (Å²) in [6.07, 6.45) is 7.42. The van der Waals surface area contributed by atoms with Crippen molar-refractivity contribution < 1.29 is 9.90 Å². The van der Waals surface area contributed by atoms with E-state index in [-0.39, 0.29) is 11.5 Å². The number of aromatic hydroxyl groups is 1. The molecule has 0 spiro atoms. The summed E-state index contributed by atoms with van der Waals surface area (Å²) in [6.45, 7) is 2.19. The molecule has 2 nitrogen and oxygen atoms in total. The third-order valence-corrected chi connectivity index (χ3v) is 3.25. The summed E-state index contributed by atoms with van der Waals surface area (Å²) in [7, 11) is 0. The number of phenols is 1. The average molecular weight is 269 g/mol. The lowest BCUT2D eigenvalue weighted by Gasteiger charge is -2.04. The number of phenolic OH excluding ortho intramolecular Hbond substituents is 1. The number of carbonyl (C=O) groups excluding carboxylic acids is 1. The fraction of sp³-hybridized carbons (Fsp3) is 0.533. The molecule has 100 valence electrons. The standard InChI is InChI=1S/C15H21ClO2/c1-2-3-4-5-6-7-8-14(17)13-10-9-12(16)11-15(13)18/h9-11,18H,2-8H2,1H3. The van der Waals surface area contributed by atoms with Crippen LogP contribution in [0.2, 0.25) is 5.02 Å². The van der Waals surface area contributed by atoms with Gasteiger partial charge < -0.3 is 5.11 Å². The van der Waals surface area contributed by atoms with Gasteiger partial charge in [-0.25, -0.2) is 0 Å². The van der Waals surface area contributed by atoms with Gasteiger partial charge in [-0.3, -0.25) is 4.79 Å². The molecule has 1 aromatic rings. The lowest BCUT2D eigenvalue weighted by molar-refractivity contribution is 0.0976. The highest BCUT2D eigenvalue weighted by atomic mass is 35.5. The molecule has 0 aliphatic rings. The zero-order chi connectivity index (χ0) is 13.4. The molecule has 1 N–H and O–H groups in total. The smallest absolute Gasteiger partial charge is 0.166 e. The van der Waals surface area contributed by atoms with Gasteiger partial charge in [0.25, 0.3) is 0 Å². The first-order valence-corrected chi connectivity index (χ1v) is 7.04. The number of halogens is 1. The summed E-state index contributed by atoms with van der Waals surface area (Å²) in [5, 5.41) is 10.1. The minimum absolute atomic E-state index is 0.000316. The van der Waals surface area contributed by atoms with Crippen LogP contribution in [0.5, 0.6) is 5.75 Å². The number of ketones is 1. The Hall–Kier alpha value is -1.02. The molecular formula is C15H21ClO2. The van der Waals surface area contributed by atoms with Crippen molar-refractivity contribution in [3.05, 3.63) is 28.8 Å². The van der Waals surface area contributed by atoms with E-state index in [1.807, 2.05) is 0 Å². The summed E-state index contributed by atoms with van der Waals surface area (Å²) in [4.78, 5) is 11.9. The number of carbonyl (C=O) groups is 1. The molecule has 0 heterocycles. The second kappa shape index (κ2) is 8.15. The number of hydrogen-bond acceptors (Lipinski definition) is 2. The molecule has 0 unspecified atom stereocenters. The molecule has 0 aliphatic carbocycles. The summed E-state index contributed by atoms with van der Waals surface area (Å²) < 4.78 is 0. The van der Waals surface area contributed by atoms with Crippen molar-refractivity contribution in [2.24, 2.45) is 0 Å². The first kappa shape index (κ1) is 15.0. The number of hydrogen-bond donors (Lipinski definition) is 1. The van der Waals surface area contributed by atoms with Crippen molar-refractivity contribution in [1.29, 1.82) is 0 Å². The maximum atomic E-state index is 11.9. The quantitative estimate of drug-likeness (QED) is 0.533. The van der Waals surface area contributed by atoms with Crippen molar-refractivity contribution >= 4 is 17.4 Å². The van der Waals surface area contributed by atoms with Crippen LogP contribution in [0, 0.1) is 0 Å². The Morgan fingerprint density at radius 1 is 1.17 bits per heavy atom. The predicted molar refractivity (Wildman–Crippen MR) is 75.4 cm³/mol. The monoisotopic (exact) mass is 268 g/mol. The lowest BCUT2D eigenvalue weighted by Crippen LogP contribution is -1.99. The molecule has 0 saturated heterocycles. The molecule has 0 saturated carbocycles. The van der Waals surface area contributed by atoms with Crippen molar-refractivity contribution in [2.45, 2.75) is 51.9 Å². The number of benzene rings is 1. The first-order valence-electron chi connectivity index (χ1n) is 6.67.